The first-order valence-corrected chi connectivity index (χ1v) is 10.0. The van der Waals surface area contributed by atoms with Gasteiger partial charge < -0.3 is 23.8 Å². The molecule has 174 valence electrons. The molecule has 6 nitrogen and oxygen atoms in total. The summed E-state index contributed by atoms with van der Waals surface area (Å²) >= 11 is 0. The molecule has 1 aromatic rings. The predicted octanol–water partition coefficient (Wildman–Crippen LogP) is 4.55. The minimum atomic E-state index is -5.69. The van der Waals surface area contributed by atoms with Crippen LogP contribution in [0.15, 0.2) is 24.3 Å². The van der Waals surface area contributed by atoms with E-state index in [0.29, 0.717) is 37.9 Å². The van der Waals surface area contributed by atoms with Crippen molar-refractivity contribution in [1.29, 1.82) is 0 Å². The van der Waals surface area contributed by atoms with Crippen LogP contribution in [0.25, 0.3) is 0 Å². The Kier molecular flexibility index (Phi) is 7.32. The second-order valence-electron chi connectivity index (χ2n) is 7.44. The van der Waals surface area contributed by atoms with E-state index in [1.54, 1.807) is 0 Å². The van der Waals surface area contributed by atoms with Crippen LogP contribution in [-0.4, -0.2) is 57.1 Å². The van der Waals surface area contributed by atoms with Crippen molar-refractivity contribution in [3.63, 3.8) is 0 Å². The lowest BCUT2D eigenvalue weighted by atomic mass is 9.97. The van der Waals surface area contributed by atoms with Crippen molar-refractivity contribution in [1.82, 2.24) is 4.98 Å². The Morgan fingerprint density at radius 3 is 2.52 bits per heavy atom. The molecule has 0 atom stereocenters. The molecule has 3 heterocycles. The molecule has 3 rings (SSSR count). The number of piperidine rings is 1. The zero-order valence-electron chi connectivity index (χ0n) is 17.1. The lowest BCUT2D eigenvalue weighted by molar-refractivity contribution is -0.289. The van der Waals surface area contributed by atoms with Crippen LogP contribution >= 0.6 is 0 Å². The lowest BCUT2D eigenvalue weighted by Crippen LogP contribution is -2.42. The Labute approximate surface area is 176 Å². The maximum absolute atomic E-state index is 13.3. The monoisotopic (exact) mass is 452 g/mol. The van der Waals surface area contributed by atoms with E-state index >= 15 is 0 Å². The minimum absolute atomic E-state index is 0.153. The van der Waals surface area contributed by atoms with Crippen molar-refractivity contribution >= 4 is 5.69 Å². The van der Waals surface area contributed by atoms with Crippen LogP contribution in [0, 0.1) is 5.92 Å². The summed E-state index contributed by atoms with van der Waals surface area (Å²) in [6, 6.07) is 1.47. The van der Waals surface area contributed by atoms with Gasteiger partial charge in [0.05, 0.1) is 32.2 Å². The van der Waals surface area contributed by atoms with Gasteiger partial charge in [-0.2, -0.15) is 22.0 Å². The molecular formula is C20H25F5N2O4. The molecule has 11 heteroatoms. The number of alkyl halides is 5. The molecule has 0 radical (unpaired) electrons. The Hall–Kier alpha value is -2.46. The Balaban J connectivity index is 1.61. The zero-order valence-corrected chi connectivity index (χ0v) is 17.1. The first-order valence-electron chi connectivity index (χ1n) is 10.0. The number of allylic oxidation sites excluding steroid dienone is 1. The fourth-order valence-corrected chi connectivity index (χ4v) is 3.31. The molecule has 0 unspecified atom stereocenters. The predicted molar refractivity (Wildman–Crippen MR) is 101 cm³/mol. The topological polar surface area (TPSA) is 53.1 Å². The molecule has 0 aliphatic carbocycles. The van der Waals surface area contributed by atoms with Crippen molar-refractivity contribution in [2.45, 2.75) is 37.8 Å². The van der Waals surface area contributed by atoms with Gasteiger partial charge in [0.2, 0.25) is 5.88 Å². The highest BCUT2D eigenvalue weighted by Crippen LogP contribution is 2.38. The van der Waals surface area contributed by atoms with Gasteiger partial charge in [0.25, 0.3) is 5.95 Å². The molecule has 0 saturated carbocycles. The number of methoxy groups -OCH3 is 1. The Morgan fingerprint density at radius 2 is 1.90 bits per heavy atom. The third-order valence-electron chi connectivity index (χ3n) is 5.17. The van der Waals surface area contributed by atoms with Crippen LogP contribution in [0.4, 0.5) is 27.6 Å². The number of anilines is 1. The minimum Gasteiger partial charge on any atom is -0.483 e. The van der Waals surface area contributed by atoms with Crippen molar-refractivity contribution in [2.75, 3.05) is 44.9 Å². The molecule has 1 aromatic heterocycles. The van der Waals surface area contributed by atoms with E-state index < -0.39 is 18.7 Å². The number of hydrogen-bond acceptors (Lipinski definition) is 6. The van der Waals surface area contributed by atoms with Crippen molar-refractivity contribution in [3.05, 3.63) is 24.3 Å². The third-order valence-corrected chi connectivity index (χ3v) is 5.17. The van der Waals surface area contributed by atoms with E-state index in [1.165, 1.54) is 13.2 Å². The molecule has 1 fully saturated rings. The van der Waals surface area contributed by atoms with E-state index in [4.69, 9.17) is 18.9 Å². The maximum atomic E-state index is 13.3. The molecular weight excluding hydrogens is 427 g/mol. The van der Waals surface area contributed by atoms with Gasteiger partial charge in [0.15, 0.2) is 12.4 Å². The van der Waals surface area contributed by atoms with E-state index in [9.17, 15) is 22.0 Å². The molecule has 0 aromatic carbocycles. The summed E-state index contributed by atoms with van der Waals surface area (Å²) < 4.78 is 85.0. The van der Waals surface area contributed by atoms with Crippen LogP contribution in [0.5, 0.6) is 11.6 Å². The molecule has 2 aliphatic rings. The van der Waals surface area contributed by atoms with Gasteiger partial charge >= 0.3 is 12.1 Å². The van der Waals surface area contributed by atoms with Gasteiger partial charge in [-0.05, 0) is 37.7 Å². The Bertz CT molecular complexity index is 764. The number of rotatable bonds is 8. The van der Waals surface area contributed by atoms with Gasteiger partial charge in [0, 0.05) is 19.2 Å². The summed E-state index contributed by atoms with van der Waals surface area (Å²) in [5.74, 6) is -4.10. The summed E-state index contributed by atoms with van der Waals surface area (Å²) in [7, 11) is 1.38. The highest BCUT2D eigenvalue weighted by Gasteiger charge is 2.58. The number of aromatic nitrogens is 1. The summed E-state index contributed by atoms with van der Waals surface area (Å²) in [5, 5.41) is 0. The summed E-state index contributed by atoms with van der Waals surface area (Å²) in [5.41, 5.74) is 0.363. The first-order chi connectivity index (χ1) is 14.7. The largest absolute Gasteiger partial charge is 0.483 e. The standard InChI is InChI=1S/C20H25F5N2O4/c1-28-17-10-15(16(11-26-17)31-13-19(21,22)20(23,24)25)27-7-5-14(6-8-27)12-30-18-4-2-3-9-29-18/h4,10-11,14H,2-3,5-9,12-13H2,1H3. The lowest BCUT2D eigenvalue weighted by Gasteiger charge is -2.34. The van der Waals surface area contributed by atoms with Gasteiger partial charge in [-0.15, -0.1) is 0 Å². The van der Waals surface area contributed by atoms with Crippen LogP contribution < -0.4 is 14.4 Å². The number of pyridine rings is 1. The van der Waals surface area contributed by atoms with Gasteiger partial charge in [0.1, 0.15) is 0 Å². The van der Waals surface area contributed by atoms with Crippen LogP contribution in [-0.2, 0) is 9.47 Å². The summed E-state index contributed by atoms with van der Waals surface area (Å²) in [4.78, 5) is 5.73. The molecule has 0 amide bonds. The van der Waals surface area contributed by atoms with E-state index in [2.05, 4.69) is 4.98 Å². The van der Waals surface area contributed by atoms with Crippen molar-refractivity contribution < 1.29 is 40.9 Å². The smallest absolute Gasteiger partial charge is 0.456 e. The zero-order chi connectivity index (χ0) is 22.5. The van der Waals surface area contributed by atoms with Gasteiger partial charge in [-0.3, -0.25) is 0 Å². The molecule has 2 aliphatic heterocycles. The average Bonchev–Trinajstić information content (AvgIpc) is 2.76. The fraction of sp³-hybridized carbons (Fsp3) is 0.650. The van der Waals surface area contributed by atoms with Crippen LogP contribution in [0.3, 0.4) is 0 Å². The van der Waals surface area contributed by atoms with Crippen molar-refractivity contribution in [3.8, 4) is 11.6 Å². The fourth-order valence-electron chi connectivity index (χ4n) is 3.31. The number of ether oxygens (including phenoxy) is 4. The first kappa shape index (κ1) is 23.2. The molecule has 31 heavy (non-hydrogen) atoms. The van der Waals surface area contributed by atoms with Crippen LogP contribution in [0.1, 0.15) is 25.7 Å². The summed E-state index contributed by atoms with van der Waals surface area (Å²) in [6.45, 7) is 0.419. The highest BCUT2D eigenvalue weighted by atomic mass is 19.4. The quantitative estimate of drug-likeness (QED) is 0.540. The molecule has 0 spiro atoms. The summed E-state index contributed by atoms with van der Waals surface area (Å²) in [6.07, 6.45) is 0.716. The Morgan fingerprint density at radius 1 is 1.16 bits per heavy atom. The third kappa shape index (κ3) is 6.04. The average molecular weight is 452 g/mol. The molecule has 0 bridgehead atoms. The normalized spacial score (nSPS) is 18.3. The van der Waals surface area contributed by atoms with E-state index in [-0.39, 0.29) is 17.5 Å². The SMILES string of the molecule is COc1cc(N2CCC(COC3=CCCCO3)CC2)c(OCC(F)(F)C(F)(F)F)cn1. The maximum Gasteiger partial charge on any atom is 0.456 e. The van der Waals surface area contributed by atoms with Crippen molar-refractivity contribution in [2.24, 2.45) is 5.92 Å². The van der Waals surface area contributed by atoms with Crippen LogP contribution in [0.2, 0.25) is 0 Å². The van der Waals surface area contributed by atoms with E-state index in [0.717, 1.165) is 31.9 Å². The van der Waals surface area contributed by atoms with E-state index in [1.807, 2.05) is 11.0 Å². The molecule has 0 N–H and O–H groups in total. The number of hydrogen-bond donors (Lipinski definition) is 0. The number of nitrogens with zero attached hydrogens (tertiary/aromatic N) is 2. The molecule has 1 saturated heterocycles. The van der Waals surface area contributed by atoms with Gasteiger partial charge in [-0.25, -0.2) is 4.98 Å². The second kappa shape index (κ2) is 9.78. The second-order valence-corrected chi connectivity index (χ2v) is 7.44. The van der Waals surface area contributed by atoms with Gasteiger partial charge in [-0.1, -0.05) is 0 Å². The number of halogens is 5. The highest BCUT2D eigenvalue weighted by molar-refractivity contribution is 5.59.